The van der Waals surface area contributed by atoms with Crippen molar-refractivity contribution in [3.8, 4) is 0 Å². The van der Waals surface area contributed by atoms with Crippen molar-refractivity contribution in [3.63, 3.8) is 0 Å². The van der Waals surface area contributed by atoms with Crippen LogP contribution in [0.1, 0.15) is 19.8 Å². The molecule has 0 saturated carbocycles. The van der Waals surface area contributed by atoms with E-state index in [2.05, 4.69) is 0 Å². The van der Waals surface area contributed by atoms with Crippen LogP contribution in [0.2, 0.25) is 0 Å². The van der Waals surface area contributed by atoms with Crippen LogP contribution in [-0.2, 0) is 4.79 Å². The van der Waals surface area contributed by atoms with Crippen LogP contribution in [0.3, 0.4) is 0 Å². The number of aliphatic hydroxyl groups excluding tert-OH is 1. The van der Waals surface area contributed by atoms with Crippen LogP contribution in [0.15, 0.2) is 0 Å². The molecule has 1 atom stereocenters. The van der Waals surface area contributed by atoms with Crippen LogP contribution in [0.5, 0.6) is 0 Å². The molecule has 0 aromatic heterocycles. The number of hydrogen-bond acceptors (Lipinski definition) is 2. The smallest absolute Gasteiger partial charge is 0.148 e. The number of aldehydes is 1. The predicted molar refractivity (Wildman–Crippen MR) is 27.0 cm³/mol. The topological polar surface area (TPSA) is 37.3 Å². The Kier molecular flexibility index (Phi) is 3.61. The minimum Gasteiger partial charge on any atom is -0.386 e. The van der Waals surface area contributed by atoms with Gasteiger partial charge in [-0.05, 0) is 6.42 Å². The highest BCUT2D eigenvalue weighted by molar-refractivity contribution is 5.55. The van der Waals surface area contributed by atoms with Gasteiger partial charge in [-0.3, -0.25) is 0 Å². The first kappa shape index (κ1) is 6.63. The van der Waals surface area contributed by atoms with Gasteiger partial charge in [0.15, 0.2) is 0 Å². The Balaban J connectivity index is 2.98. The summed E-state index contributed by atoms with van der Waals surface area (Å²) in [5.41, 5.74) is 0. The highest BCUT2D eigenvalue weighted by Crippen LogP contribution is 1.89. The van der Waals surface area contributed by atoms with Gasteiger partial charge in [-0.1, -0.05) is 13.3 Å². The van der Waals surface area contributed by atoms with Gasteiger partial charge >= 0.3 is 0 Å². The molecule has 0 unspecified atom stereocenters. The van der Waals surface area contributed by atoms with Gasteiger partial charge in [0, 0.05) is 0 Å². The summed E-state index contributed by atoms with van der Waals surface area (Å²) in [6, 6.07) is 0. The molecule has 0 aromatic carbocycles. The van der Waals surface area contributed by atoms with E-state index >= 15 is 0 Å². The van der Waals surface area contributed by atoms with Crippen LogP contribution < -0.4 is 0 Å². The second-order valence-electron chi connectivity index (χ2n) is 1.49. The normalized spacial score (nSPS) is 13.4. The van der Waals surface area contributed by atoms with Crippen molar-refractivity contribution in [2.24, 2.45) is 0 Å². The van der Waals surface area contributed by atoms with Crippen LogP contribution >= 0.6 is 0 Å². The highest BCUT2D eigenvalue weighted by Gasteiger charge is 1.95. The Labute approximate surface area is 43.2 Å². The molecule has 42 valence electrons. The first-order valence-electron chi connectivity index (χ1n) is 2.44. The number of carbonyl (C=O) groups is 1. The van der Waals surface area contributed by atoms with Crippen LogP contribution in [0.4, 0.5) is 0 Å². The third kappa shape index (κ3) is 3.46. The summed E-state index contributed by atoms with van der Waals surface area (Å²) in [6.45, 7) is 1.92. The van der Waals surface area contributed by atoms with E-state index in [1.807, 2.05) is 6.92 Å². The van der Waals surface area contributed by atoms with Crippen molar-refractivity contribution < 1.29 is 9.90 Å². The number of aliphatic hydroxyl groups is 1. The minimum absolute atomic E-state index is 0.559. The van der Waals surface area contributed by atoms with E-state index in [1.165, 1.54) is 0 Å². The molecule has 0 saturated heterocycles. The van der Waals surface area contributed by atoms with E-state index in [-0.39, 0.29) is 0 Å². The lowest BCUT2D eigenvalue weighted by Gasteiger charge is -1.94. The Hall–Kier alpha value is -0.370. The van der Waals surface area contributed by atoms with E-state index in [0.717, 1.165) is 6.42 Å². The summed E-state index contributed by atoms with van der Waals surface area (Å²) in [5.74, 6) is 0. The molecule has 7 heavy (non-hydrogen) atoms. The maximum atomic E-state index is 9.64. The van der Waals surface area contributed by atoms with Crippen LogP contribution in [-0.4, -0.2) is 17.5 Å². The molecule has 0 aliphatic heterocycles. The van der Waals surface area contributed by atoms with Crippen molar-refractivity contribution in [1.29, 1.82) is 0 Å². The first-order chi connectivity index (χ1) is 3.31. The van der Waals surface area contributed by atoms with Crippen LogP contribution in [0.25, 0.3) is 0 Å². The average Bonchev–Trinajstić information content (AvgIpc) is 1.68. The summed E-state index contributed by atoms with van der Waals surface area (Å²) in [4.78, 5) is 9.64. The van der Waals surface area contributed by atoms with Crippen LogP contribution in [0, 0.1) is 0 Å². The summed E-state index contributed by atoms with van der Waals surface area (Å²) in [6.07, 6.45) is 1.28. The standard InChI is InChI=1S/C5H10O2/c1-2-3-5(7)4-6/h4-5,7H,2-3H2,1H3/t5-/m0/s1. The maximum absolute atomic E-state index is 9.64. The molecular weight excluding hydrogens is 92.1 g/mol. The molecule has 2 nitrogen and oxygen atoms in total. The van der Waals surface area contributed by atoms with E-state index in [1.54, 1.807) is 0 Å². The molecule has 0 radical (unpaired) electrons. The van der Waals surface area contributed by atoms with E-state index in [9.17, 15) is 4.79 Å². The molecule has 0 heterocycles. The fraction of sp³-hybridized carbons (Fsp3) is 0.800. The second kappa shape index (κ2) is 3.81. The third-order valence-electron chi connectivity index (χ3n) is 0.742. The van der Waals surface area contributed by atoms with Crippen molar-refractivity contribution in [2.75, 3.05) is 0 Å². The Morgan fingerprint density at radius 2 is 2.43 bits per heavy atom. The fourth-order valence-corrected chi connectivity index (χ4v) is 0.364. The van der Waals surface area contributed by atoms with Crippen molar-refractivity contribution in [1.82, 2.24) is 0 Å². The monoisotopic (exact) mass is 102 g/mol. The Morgan fingerprint density at radius 3 is 2.57 bits per heavy atom. The van der Waals surface area contributed by atoms with Gasteiger partial charge in [-0.25, -0.2) is 0 Å². The zero-order valence-electron chi connectivity index (χ0n) is 4.42. The molecule has 0 aliphatic carbocycles. The fourth-order valence-electron chi connectivity index (χ4n) is 0.364. The molecule has 2 heteroatoms. The zero-order chi connectivity index (χ0) is 5.70. The lowest BCUT2D eigenvalue weighted by atomic mass is 10.2. The third-order valence-corrected chi connectivity index (χ3v) is 0.742. The molecule has 0 amide bonds. The zero-order valence-corrected chi connectivity index (χ0v) is 4.42. The van der Waals surface area contributed by atoms with Crippen molar-refractivity contribution >= 4 is 6.29 Å². The molecule has 0 fully saturated rings. The van der Waals surface area contributed by atoms with Gasteiger partial charge in [0.25, 0.3) is 0 Å². The van der Waals surface area contributed by atoms with Gasteiger partial charge < -0.3 is 9.90 Å². The lowest BCUT2D eigenvalue weighted by molar-refractivity contribution is -0.115. The summed E-state index contributed by atoms with van der Waals surface area (Å²) in [5, 5.41) is 8.49. The molecular formula is C5H10O2. The number of hydrogen-bond donors (Lipinski definition) is 1. The van der Waals surface area contributed by atoms with Gasteiger partial charge in [0.2, 0.25) is 0 Å². The van der Waals surface area contributed by atoms with Crippen molar-refractivity contribution in [3.05, 3.63) is 0 Å². The molecule has 0 aromatic rings. The lowest BCUT2D eigenvalue weighted by Crippen LogP contribution is -2.05. The van der Waals surface area contributed by atoms with E-state index in [0.29, 0.717) is 12.7 Å². The highest BCUT2D eigenvalue weighted by atomic mass is 16.3. The SMILES string of the molecule is CCC[C@H](O)C=O. The summed E-state index contributed by atoms with van der Waals surface area (Å²) < 4.78 is 0. The van der Waals surface area contributed by atoms with Gasteiger partial charge in [-0.15, -0.1) is 0 Å². The molecule has 0 aliphatic rings. The molecule has 0 rings (SSSR count). The largest absolute Gasteiger partial charge is 0.386 e. The maximum Gasteiger partial charge on any atom is 0.148 e. The number of carbonyl (C=O) groups excluding carboxylic acids is 1. The average molecular weight is 102 g/mol. The number of rotatable bonds is 3. The Morgan fingerprint density at radius 1 is 1.86 bits per heavy atom. The molecule has 0 spiro atoms. The van der Waals surface area contributed by atoms with Gasteiger partial charge in [0.05, 0.1) is 0 Å². The van der Waals surface area contributed by atoms with E-state index < -0.39 is 6.10 Å². The second-order valence-corrected chi connectivity index (χ2v) is 1.49. The summed E-state index contributed by atoms with van der Waals surface area (Å²) in [7, 11) is 0. The van der Waals surface area contributed by atoms with E-state index in [4.69, 9.17) is 5.11 Å². The Bertz CT molecular complexity index is 52.0. The van der Waals surface area contributed by atoms with Gasteiger partial charge in [0.1, 0.15) is 12.4 Å². The van der Waals surface area contributed by atoms with Crippen molar-refractivity contribution in [2.45, 2.75) is 25.9 Å². The predicted octanol–water partition coefficient (Wildman–Crippen LogP) is 0.346. The first-order valence-corrected chi connectivity index (χ1v) is 2.44. The minimum atomic E-state index is -0.731. The van der Waals surface area contributed by atoms with Gasteiger partial charge in [-0.2, -0.15) is 0 Å². The molecule has 0 bridgehead atoms. The molecule has 1 N–H and O–H groups in total. The summed E-state index contributed by atoms with van der Waals surface area (Å²) >= 11 is 0. The quantitative estimate of drug-likeness (QED) is 0.522.